The van der Waals surface area contributed by atoms with E-state index in [1.165, 1.54) is 11.8 Å². The first kappa shape index (κ1) is 19.3. The van der Waals surface area contributed by atoms with Crippen LogP contribution < -0.4 is 10.2 Å². The second-order valence-electron chi connectivity index (χ2n) is 6.50. The molecule has 0 aliphatic carbocycles. The molecule has 1 saturated heterocycles. The Morgan fingerprint density at radius 1 is 1.19 bits per heavy atom. The van der Waals surface area contributed by atoms with Gasteiger partial charge in [0.1, 0.15) is 0 Å². The number of anilines is 2. The Bertz CT molecular complexity index is 744. The van der Waals surface area contributed by atoms with E-state index in [0.29, 0.717) is 5.75 Å². The van der Waals surface area contributed by atoms with Gasteiger partial charge < -0.3 is 15.0 Å². The molecule has 6 heteroatoms. The van der Waals surface area contributed by atoms with Crippen LogP contribution in [-0.2, 0) is 9.53 Å². The van der Waals surface area contributed by atoms with Crippen LogP contribution in [0.25, 0.3) is 0 Å². The maximum atomic E-state index is 12.2. The van der Waals surface area contributed by atoms with Crippen LogP contribution in [0, 0.1) is 0 Å². The molecule has 1 aliphatic heterocycles. The van der Waals surface area contributed by atoms with Crippen molar-refractivity contribution in [1.29, 1.82) is 0 Å². The van der Waals surface area contributed by atoms with Gasteiger partial charge in [-0.2, -0.15) is 0 Å². The molecule has 1 heterocycles. The molecule has 0 radical (unpaired) electrons. The van der Waals surface area contributed by atoms with E-state index in [9.17, 15) is 4.79 Å². The molecule has 2 aromatic rings. The summed E-state index contributed by atoms with van der Waals surface area (Å²) in [5, 5.41) is 2.96. The Morgan fingerprint density at radius 2 is 1.88 bits per heavy atom. The van der Waals surface area contributed by atoms with Crippen molar-refractivity contribution in [3.05, 3.63) is 53.0 Å². The van der Waals surface area contributed by atoms with E-state index in [2.05, 4.69) is 52.1 Å². The summed E-state index contributed by atoms with van der Waals surface area (Å²) in [6, 6.07) is 16.0. The van der Waals surface area contributed by atoms with Crippen molar-refractivity contribution in [1.82, 2.24) is 0 Å². The second-order valence-corrected chi connectivity index (χ2v) is 8.47. The number of morpholine rings is 1. The predicted octanol–water partition coefficient (Wildman–Crippen LogP) is 4.79. The van der Waals surface area contributed by atoms with Crippen LogP contribution in [-0.4, -0.2) is 37.0 Å². The molecular formula is C20H23BrN2O2S. The minimum atomic E-state index is -0.00339. The van der Waals surface area contributed by atoms with Crippen LogP contribution in [0.5, 0.6) is 0 Å². The number of hydrogen-bond donors (Lipinski definition) is 1. The lowest BCUT2D eigenvalue weighted by atomic mass is 10.2. The van der Waals surface area contributed by atoms with Gasteiger partial charge in [0.15, 0.2) is 0 Å². The molecule has 138 valence electrons. The van der Waals surface area contributed by atoms with Crippen molar-refractivity contribution in [2.45, 2.75) is 31.0 Å². The molecule has 0 aromatic heterocycles. The molecule has 2 atom stereocenters. The summed E-state index contributed by atoms with van der Waals surface area (Å²) in [7, 11) is 0. The van der Waals surface area contributed by atoms with Crippen molar-refractivity contribution in [2.75, 3.05) is 29.1 Å². The predicted molar refractivity (Wildman–Crippen MR) is 112 cm³/mol. The summed E-state index contributed by atoms with van der Waals surface area (Å²) in [5.74, 6) is 0.382. The smallest absolute Gasteiger partial charge is 0.234 e. The maximum absolute atomic E-state index is 12.2. The van der Waals surface area contributed by atoms with E-state index in [4.69, 9.17) is 4.74 Å². The first-order valence-electron chi connectivity index (χ1n) is 8.68. The van der Waals surface area contributed by atoms with Crippen molar-refractivity contribution >= 4 is 45.0 Å². The highest BCUT2D eigenvalue weighted by Gasteiger charge is 2.22. The summed E-state index contributed by atoms with van der Waals surface area (Å²) in [6.45, 7) is 5.97. The largest absolute Gasteiger partial charge is 0.372 e. The van der Waals surface area contributed by atoms with Crippen LogP contribution in [0.3, 0.4) is 0 Å². The molecule has 1 amide bonds. The highest BCUT2D eigenvalue weighted by molar-refractivity contribution is 9.10. The molecule has 4 nitrogen and oxygen atoms in total. The minimum absolute atomic E-state index is 0.00339. The zero-order valence-corrected chi connectivity index (χ0v) is 17.3. The summed E-state index contributed by atoms with van der Waals surface area (Å²) in [6.07, 6.45) is 0.460. The van der Waals surface area contributed by atoms with E-state index in [-0.39, 0.29) is 18.1 Å². The van der Waals surface area contributed by atoms with E-state index in [1.807, 2.05) is 36.4 Å². The van der Waals surface area contributed by atoms with Crippen LogP contribution in [0.4, 0.5) is 11.4 Å². The number of thioether (sulfide) groups is 1. The SMILES string of the molecule is CC1CN(c2ccc(NC(=O)CSc3cccc(Br)c3)cc2)CC(C)O1. The molecule has 0 spiro atoms. The lowest BCUT2D eigenvalue weighted by Crippen LogP contribution is -2.45. The Labute approximate surface area is 167 Å². The van der Waals surface area contributed by atoms with Crippen molar-refractivity contribution in [2.24, 2.45) is 0 Å². The van der Waals surface area contributed by atoms with Gasteiger partial charge in [-0.15, -0.1) is 11.8 Å². The topological polar surface area (TPSA) is 41.6 Å². The Kier molecular flexibility index (Phi) is 6.62. The number of rotatable bonds is 5. The van der Waals surface area contributed by atoms with Crippen LogP contribution in [0.15, 0.2) is 57.9 Å². The molecule has 0 bridgehead atoms. The number of amides is 1. The number of nitrogens with one attached hydrogen (secondary N) is 1. The number of ether oxygens (including phenoxy) is 1. The molecule has 2 aromatic carbocycles. The van der Waals surface area contributed by atoms with E-state index >= 15 is 0 Å². The molecule has 1 fully saturated rings. The van der Waals surface area contributed by atoms with Gasteiger partial charge in [0.2, 0.25) is 5.91 Å². The quantitative estimate of drug-likeness (QED) is 0.686. The van der Waals surface area contributed by atoms with Crippen molar-refractivity contribution in [3.63, 3.8) is 0 Å². The number of nitrogens with zero attached hydrogens (tertiary/aromatic N) is 1. The third kappa shape index (κ3) is 5.50. The molecule has 1 N–H and O–H groups in total. The highest BCUT2D eigenvalue weighted by atomic mass is 79.9. The van der Waals surface area contributed by atoms with Crippen LogP contribution >= 0.6 is 27.7 Å². The van der Waals surface area contributed by atoms with Crippen molar-refractivity contribution < 1.29 is 9.53 Å². The van der Waals surface area contributed by atoms with Gasteiger partial charge in [-0.1, -0.05) is 22.0 Å². The lowest BCUT2D eigenvalue weighted by molar-refractivity contribution is -0.113. The molecule has 3 rings (SSSR count). The third-order valence-corrected chi connectivity index (χ3v) is 5.59. The van der Waals surface area contributed by atoms with Crippen LogP contribution in [0.1, 0.15) is 13.8 Å². The van der Waals surface area contributed by atoms with Crippen LogP contribution in [0.2, 0.25) is 0 Å². The maximum Gasteiger partial charge on any atom is 0.234 e. The van der Waals surface area contributed by atoms with Gasteiger partial charge in [-0.05, 0) is 56.3 Å². The number of benzene rings is 2. The number of halogens is 1. The van der Waals surface area contributed by atoms with Gasteiger partial charge in [0, 0.05) is 33.8 Å². The second kappa shape index (κ2) is 8.93. The fourth-order valence-corrected chi connectivity index (χ4v) is 4.35. The Hall–Kier alpha value is -1.50. The molecule has 26 heavy (non-hydrogen) atoms. The van der Waals surface area contributed by atoms with Gasteiger partial charge in [0.05, 0.1) is 18.0 Å². The molecular weight excluding hydrogens is 412 g/mol. The highest BCUT2D eigenvalue weighted by Crippen LogP contribution is 2.24. The van der Waals surface area contributed by atoms with Crippen molar-refractivity contribution in [3.8, 4) is 0 Å². The Balaban J connectivity index is 1.53. The standard InChI is InChI=1S/C20H23BrN2O2S/c1-14-11-23(12-15(2)25-14)18-8-6-17(7-9-18)22-20(24)13-26-19-5-3-4-16(21)10-19/h3-10,14-15H,11-13H2,1-2H3,(H,22,24). The van der Waals surface area contributed by atoms with E-state index in [0.717, 1.165) is 33.8 Å². The number of carbonyl (C=O) groups excluding carboxylic acids is 1. The summed E-state index contributed by atoms with van der Waals surface area (Å²) >= 11 is 4.97. The first-order chi connectivity index (χ1) is 12.5. The normalized spacial score (nSPS) is 20.0. The monoisotopic (exact) mass is 434 g/mol. The van der Waals surface area contributed by atoms with E-state index < -0.39 is 0 Å². The molecule has 0 saturated carbocycles. The molecule has 2 unspecified atom stereocenters. The van der Waals surface area contributed by atoms with Gasteiger partial charge in [0.25, 0.3) is 0 Å². The fraction of sp³-hybridized carbons (Fsp3) is 0.350. The summed E-state index contributed by atoms with van der Waals surface area (Å²) in [5.41, 5.74) is 1.98. The lowest BCUT2D eigenvalue weighted by Gasteiger charge is -2.36. The number of carbonyl (C=O) groups is 1. The van der Waals surface area contributed by atoms with E-state index in [1.54, 1.807) is 0 Å². The average Bonchev–Trinajstić information content (AvgIpc) is 2.60. The van der Waals surface area contributed by atoms with Gasteiger partial charge in [-0.3, -0.25) is 4.79 Å². The third-order valence-electron chi connectivity index (χ3n) is 4.10. The summed E-state index contributed by atoms with van der Waals surface area (Å²) < 4.78 is 6.80. The zero-order chi connectivity index (χ0) is 18.5. The molecule has 1 aliphatic rings. The fourth-order valence-electron chi connectivity index (χ4n) is 3.05. The average molecular weight is 435 g/mol. The Morgan fingerprint density at radius 3 is 2.54 bits per heavy atom. The zero-order valence-electron chi connectivity index (χ0n) is 14.9. The van der Waals surface area contributed by atoms with Gasteiger partial charge in [-0.25, -0.2) is 0 Å². The summed E-state index contributed by atoms with van der Waals surface area (Å²) in [4.78, 5) is 15.6. The van der Waals surface area contributed by atoms with Gasteiger partial charge >= 0.3 is 0 Å². The minimum Gasteiger partial charge on any atom is -0.372 e. The number of hydrogen-bond acceptors (Lipinski definition) is 4. The first-order valence-corrected chi connectivity index (χ1v) is 10.5.